The Kier molecular flexibility index (Phi) is 19.3. The molecular weight excluding hydrogens is 651 g/mol. The highest BCUT2D eigenvalue weighted by Gasteiger charge is 2.22. The Labute approximate surface area is 297 Å². The minimum atomic E-state index is -1.10. The van der Waals surface area contributed by atoms with Gasteiger partial charge in [0, 0.05) is 19.2 Å². The van der Waals surface area contributed by atoms with Gasteiger partial charge in [-0.1, -0.05) is 95.3 Å². The van der Waals surface area contributed by atoms with Gasteiger partial charge in [-0.05, 0) is 73.4 Å². The van der Waals surface area contributed by atoms with Crippen LogP contribution in [0, 0.1) is 12.3 Å². The number of aromatic nitrogens is 1. The molecule has 2 rings (SSSR count). The number of benzene rings is 1. The second-order valence-electron chi connectivity index (χ2n) is 13.4. The number of carbonyl (C=O) groups excluding carboxylic acids is 2. The monoisotopic (exact) mass is 706 g/mol. The third-order valence-corrected chi connectivity index (χ3v) is 9.15. The number of anilines is 1. The van der Waals surface area contributed by atoms with E-state index in [0.29, 0.717) is 36.3 Å². The van der Waals surface area contributed by atoms with Crippen LogP contribution in [0.15, 0.2) is 30.5 Å². The highest BCUT2D eigenvalue weighted by atomic mass is 35.5. The molecule has 9 nitrogen and oxygen atoms in total. The number of aryl methyl sites for hydroxylation is 1. The van der Waals surface area contributed by atoms with E-state index < -0.39 is 17.9 Å². The van der Waals surface area contributed by atoms with Crippen LogP contribution in [0.2, 0.25) is 10.0 Å². The lowest BCUT2D eigenvalue weighted by Gasteiger charge is -2.22. The molecule has 0 radical (unpaired) electrons. The van der Waals surface area contributed by atoms with Crippen LogP contribution in [0.1, 0.15) is 128 Å². The number of carboxylic acids is 1. The average molecular weight is 708 g/mol. The van der Waals surface area contributed by atoms with Crippen molar-refractivity contribution in [2.45, 2.75) is 124 Å². The number of carboxylic acid groups (broad SMARTS) is 1. The molecule has 268 valence electrons. The van der Waals surface area contributed by atoms with Gasteiger partial charge in [-0.15, -0.1) is 0 Å². The summed E-state index contributed by atoms with van der Waals surface area (Å²) in [5.41, 5.74) is 2.01. The highest BCUT2D eigenvalue weighted by Crippen LogP contribution is 2.37. The predicted octanol–water partition coefficient (Wildman–Crippen LogP) is 9.05. The molecule has 1 atom stereocenters. The fourth-order valence-electron chi connectivity index (χ4n) is 5.24. The third kappa shape index (κ3) is 17.4. The smallest absolute Gasteiger partial charge is 0.305 e. The van der Waals surface area contributed by atoms with Gasteiger partial charge in [0.1, 0.15) is 5.82 Å². The van der Waals surface area contributed by atoms with E-state index in [9.17, 15) is 19.5 Å². The summed E-state index contributed by atoms with van der Waals surface area (Å²) < 4.78 is 5.88. The normalized spacial score (nSPS) is 12.0. The third-order valence-electron chi connectivity index (χ3n) is 8.59. The maximum Gasteiger partial charge on any atom is 0.305 e. The summed E-state index contributed by atoms with van der Waals surface area (Å²) in [6, 6.07) is 6.12. The second kappa shape index (κ2) is 22.6. The number of ether oxygens (including phenoxy) is 1. The van der Waals surface area contributed by atoms with Crippen LogP contribution >= 0.6 is 23.2 Å². The molecule has 0 bridgehead atoms. The minimum Gasteiger partial charge on any atom is -0.490 e. The number of nitrogens with zero attached hydrogens (tertiary/aromatic N) is 1. The second-order valence-corrected chi connectivity index (χ2v) is 14.2. The molecule has 0 aliphatic heterocycles. The quantitative estimate of drug-likeness (QED) is 0.0758. The summed E-state index contributed by atoms with van der Waals surface area (Å²) in [4.78, 5) is 40.7. The first kappa shape index (κ1) is 41.1. The Morgan fingerprint density at radius 1 is 0.917 bits per heavy atom. The predicted molar refractivity (Wildman–Crippen MR) is 195 cm³/mol. The molecule has 48 heavy (non-hydrogen) atoms. The molecule has 0 aliphatic carbocycles. The van der Waals surface area contributed by atoms with E-state index in [1.54, 1.807) is 18.3 Å². The summed E-state index contributed by atoms with van der Waals surface area (Å²) in [5.74, 6) is -0.749. The van der Waals surface area contributed by atoms with E-state index in [2.05, 4.69) is 41.7 Å². The first-order chi connectivity index (χ1) is 22.9. The van der Waals surface area contributed by atoms with Crippen LogP contribution in [0.3, 0.4) is 0 Å². The van der Waals surface area contributed by atoms with Gasteiger partial charge in [0.2, 0.25) is 11.8 Å². The van der Waals surface area contributed by atoms with Gasteiger partial charge in [-0.3, -0.25) is 14.4 Å². The van der Waals surface area contributed by atoms with E-state index in [1.807, 2.05) is 19.1 Å². The van der Waals surface area contributed by atoms with Crippen molar-refractivity contribution in [1.29, 1.82) is 0 Å². The molecule has 11 heteroatoms. The largest absolute Gasteiger partial charge is 0.490 e. The van der Waals surface area contributed by atoms with Gasteiger partial charge >= 0.3 is 5.97 Å². The van der Waals surface area contributed by atoms with Crippen molar-refractivity contribution in [3.05, 3.63) is 51.6 Å². The molecule has 2 aromatic rings. The van der Waals surface area contributed by atoms with Gasteiger partial charge in [0.15, 0.2) is 5.75 Å². The van der Waals surface area contributed by atoms with Gasteiger partial charge in [0.05, 0.1) is 35.7 Å². The van der Waals surface area contributed by atoms with Gasteiger partial charge in [0.25, 0.3) is 0 Å². The summed E-state index contributed by atoms with van der Waals surface area (Å²) >= 11 is 13.0. The maximum absolute atomic E-state index is 12.6. The average Bonchev–Trinajstić information content (AvgIpc) is 3.03. The Bertz CT molecular complexity index is 1270. The number of amides is 2. The molecule has 2 amide bonds. The van der Waals surface area contributed by atoms with Gasteiger partial charge in [-0.25, -0.2) is 4.98 Å². The maximum atomic E-state index is 12.6. The van der Waals surface area contributed by atoms with E-state index in [0.717, 1.165) is 37.1 Å². The number of pyridine rings is 1. The summed E-state index contributed by atoms with van der Waals surface area (Å²) in [6.07, 6.45) is 15.0. The minimum absolute atomic E-state index is 0.245. The molecule has 0 spiro atoms. The number of aliphatic carboxylic acids is 1. The summed E-state index contributed by atoms with van der Waals surface area (Å²) in [5, 5.41) is 18.5. The Morgan fingerprint density at radius 2 is 1.56 bits per heavy atom. The van der Waals surface area contributed by atoms with Crippen molar-refractivity contribution in [2.75, 3.05) is 25.0 Å². The molecule has 1 unspecified atom stereocenters. The zero-order valence-electron chi connectivity index (χ0n) is 29.3. The number of rotatable bonds is 25. The van der Waals surface area contributed by atoms with Crippen molar-refractivity contribution in [2.24, 2.45) is 5.41 Å². The van der Waals surface area contributed by atoms with Crippen molar-refractivity contribution in [3.63, 3.8) is 0 Å². The first-order valence-electron chi connectivity index (χ1n) is 17.5. The molecule has 1 heterocycles. The Balaban J connectivity index is 1.71. The van der Waals surface area contributed by atoms with Crippen LogP contribution < -0.4 is 20.7 Å². The first-order valence-corrected chi connectivity index (χ1v) is 18.2. The fourth-order valence-corrected chi connectivity index (χ4v) is 5.85. The van der Waals surface area contributed by atoms with E-state index in [4.69, 9.17) is 27.9 Å². The molecule has 4 N–H and O–H groups in total. The lowest BCUT2D eigenvalue weighted by atomic mass is 9.84. The van der Waals surface area contributed by atoms with Crippen LogP contribution in [0.25, 0.3) is 0 Å². The molecule has 0 fully saturated rings. The van der Waals surface area contributed by atoms with Crippen LogP contribution in [-0.4, -0.2) is 47.6 Å². The SMILES string of the molecule is CCC(C)(C)CCCCCCCCCCOc1c(Cl)cc(C(CC(=O)O)NC(=O)CNC(=O)CCCCNc2cc(C)ccn2)cc1Cl. The molecule has 0 saturated carbocycles. The standard InChI is InChI=1S/C37H56Cl2N4O5/c1-5-37(3,4)18-13-10-8-6-7-9-11-15-21-48-36-29(38)23-28(24-30(36)39)31(25-35(46)47)43-34(45)26-42-33(44)16-12-14-19-40-32-22-27(2)17-20-41-32/h17,20,22-24,31H,5-16,18-19,21,25-26H2,1-4H3,(H,40,41)(H,42,44)(H,43,45)(H,46,47). The number of hydrogen-bond donors (Lipinski definition) is 4. The van der Waals surface area contributed by atoms with Crippen LogP contribution in [0.5, 0.6) is 5.75 Å². The Hall–Kier alpha value is -3.04. The highest BCUT2D eigenvalue weighted by molar-refractivity contribution is 6.37. The van der Waals surface area contributed by atoms with Gasteiger partial charge in [-0.2, -0.15) is 0 Å². The van der Waals surface area contributed by atoms with Gasteiger partial charge < -0.3 is 25.8 Å². The zero-order chi connectivity index (χ0) is 35.4. The fraction of sp³-hybridized carbons (Fsp3) is 0.622. The number of hydrogen-bond acceptors (Lipinski definition) is 6. The molecular formula is C37H56Cl2N4O5. The molecule has 0 aliphatic rings. The molecule has 1 aromatic carbocycles. The van der Waals surface area contributed by atoms with Crippen molar-refractivity contribution >= 4 is 46.8 Å². The lowest BCUT2D eigenvalue weighted by molar-refractivity contribution is -0.138. The van der Waals surface area contributed by atoms with Crippen LogP contribution in [0.4, 0.5) is 5.82 Å². The molecule has 1 aromatic heterocycles. The number of carbonyl (C=O) groups is 3. The van der Waals surface area contributed by atoms with Crippen molar-refractivity contribution < 1.29 is 24.2 Å². The summed E-state index contributed by atoms with van der Waals surface area (Å²) in [7, 11) is 0. The molecule has 0 saturated heterocycles. The summed E-state index contributed by atoms with van der Waals surface area (Å²) in [6.45, 7) is 9.82. The van der Waals surface area contributed by atoms with Crippen molar-refractivity contribution in [1.82, 2.24) is 15.6 Å². The lowest BCUT2D eigenvalue weighted by Crippen LogP contribution is -2.39. The number of unbranched alkanes of at least 4 members (excludes halogenated alkanes) is 8. The number of nitrogens with one attached hydrogen (secondary N) is 3. The van der Waals surface area contributed by atoms with E-state index in [1.165, 1.54) is 44.9 Å². The number of halogens is 2. The topological polar surface area (TPSA) is 130 Å². The zero-order valence-corrected chi connectivity index (χ0v) is 30.8. The van der Waals surface area contributed by atoms with E-state index >= 15 is 0 Å². The van der Waals surface area contributed by atoms with E-state index in [-0.39, 0.29) is 35.3 Å². The van der Waals surface area contributed by atoms with Crippen molar-refractivity contribution in [3.8, 4) is 5.75 Å². The van der Waals surface area contributed by atoms with Crippen LogP contribution in [-0.2, 0) is 14.4 Å². The Morgan fingerprint density at radius 3 is 2.19 bits per heavy atom.